The summed E-state index contributed by atoms with van der Waals surface area (Å²) >= 11 is 0.421. The van der Waals surface area contributed by atoms with E-state index in [1.807, 2.05) is 24.3 Å². The fourth-order valence-corrected chi connectivity index (χ4v) is 4.10. The van der Waals surface area contributed by atoms with Gasteiger partial charge in [0, 0.05) is 0 Å². The monoisotopic (exact) mass is 344 g/mol. The first-order valence-electron chi connectivity index (χ1n) is 6.67. The topological polar surface area (TPSA) is 18.5 Å². The van der Waals surface area contributed by atoms with Crippen molar-refractivity contribution in [2.24, 2.45) is 0 Å². The molecule has 1 aromatic heterocycles. The zero-order valence-corrected chi connectivity index (χ0v) is 13.7. The molecule has 0 bridgehead atoms. The molecule has 1 heterocycles. The van der Waals surface area contributed by atoms with Gasteiger partial charge in [-0.15, -0.1) is 0 Å². The fourth-order valence-electron chi connectivity index (χ4n) is 2.29. The van der Waals surface area contributed by atoms with E-state index in [0.717, 1.165) is 11.5 Å². The molecule has 0 N–H and O–H groups in total. The Morgan fingerprint density at radius 2 is 1.00 bits per heavy atom. The van der Waals surface area contributed by atoms with Crippen LogP contribution in [0, 0.1) is 0 Å². The third-order valence-electron chi connectivity index (χ3n) is 3.46. The summed E-state index contributed by atoms with van der Waals surface area (Å²) in [5, 5.41) is 0. The Labute approximate surface area is 130 Å². The van der Waals surface area contributed by atoms with Crippen molar-refractivity contribution >= 4 is 14.5 Å². The number of methoxy groups -OCH3 is 2. The van der Waals surface area contributed by atoms with Gasteiger partial charge < -0.3 is 0 Å². The van der Waals surface area contributed by atoms with Crippen LogP contribution in [0.4, 0.5) is 0 Å². The van der Waals surface area contributed by atoms with E-state index >= 15 is 0 Å². The second-order valence-corrected chi connectivity index (χ2v) is 6.22. The van der Waals surface area contributed by atoms with Gasteiger partial charge >= 0.3 is 130 Å². The standard InChI is InChI=1S/C18H16O2Se/c1-19-15-7-3-13(4-8-15)17-11-21-12-18(17)14-5-9-16(20-2)10-6-14/h3-12H,1-2H3. The molecule has 3 heteroatoms. The van der Waals surface area contributed by atoms with Crippen LogP contribution < -0.4 is 9.47 Å². The normalized spacial score (nSPS) is 10.4. The maximum atomic E-state index is 5.22. The Morgan fingerprint density at radius 1 is 0.619 bits per heavy atom. The Bertz CT molecular complexity index is 650. The molecule has 0 unspecified atom stereocenters. The van der Waals surface area contributed by atoms with Crippen LogP contribution in [0.25, 0.3) is 22.3 Å². The quantitative estimate of drug-likeness (QED) is 0.664. The predicted octanol–water partition coefficient (Wildman–Crippen LogP) is 4.09. The van der Waals surface area contributed by atoms with Gasteiger partial charge in [-0.3, -0.25) is 0 Å². The van der Waals surface area contributed by atoms with E-state index in [9.17, 15) is 0 Å². The maximum absolute atomic E-state index is 5.22. The Balaban J connectivity index is 1.99. The van der Waals surface area contributed by atoms with Crippen LogP contribution in [-0.4, -0.2) is 28.7 Å². The number of hydrogen-bond acceptors (Lipinski definition) is 2. The van der Waals surface area contributed by atoms with Crippen molar-refractivity contribution in [3.8, 4) is 33.8 Å². The number of benzene rings is 2. The average molecular weight is 343 g/mol. The van der Waals surface area contributed by atoms with Crippen LogP contribution >= 0.6 is 0 Å². The molecule has 0 aliphatic rings. The van der Waals surface area contributed by atoms with Crippen LogP contribution in [0.3, 0.4) is 0 Å². The van der Waals surface area contributed by atoms with E-state index in [4.69, 9.17) is 9.47 Å². The summed E-state index contributed by atoms with van der Waals surface area (Å²) in [5.41, 5.74) is 5.08. The minimum absolute atomic E-state index is 0.421. The van der Waals surface area contributed by atoms with E-state index in [2.05, 4.69) is 34.1 Å². The zero-order valence-electron chi connectivity index (χ0n) is 12.0. The minimum atomic E-state index is 0.421. The van der Waals surface area contributed by atoms with E-state index in [1.54, 1.807) is 14.2 Å². The van der Waals surface area contributed by atoms with Gasteiger partial charge in [0.2, 0.25) is 0 Å². The van der Waals surface area contributed by atoms with Crippen LogP contribution in [0.15, 0.2) is 58.4 Å². The molecule has 21 heavy (non-hydrogen) atoms. The molecule has 2 nitrogen and oxygen atoms in total. The summed E-state index contributed by atoms with van der Waals surface area (Å²) in [7, 11) is 3.38. The van der Waals surface area contributed by atoms with Crippen molar-refractivity contribution in [3.63, 3.8) is 0 Å². The number of ether oxygens (including phenoxy) is 2. The van der Waals surface area contributed by atoms with E-state index < -0.39 is 0 Å². The van der Waals surface area contributed by atoms with Gasteiger partial charge in [0.25, 0.3) is 0 Å². The molecule has 0 aliphatic heterocycles. The predicted molar refractivity (Wildman–Crippen MR) is 87.4 cm³/mol. The Kier molecular flexibility index (Phi) is 4.14. The molecule has 3 aromatic rings. The van der Waals surface area contributed by atoms with E-state index in [-0.39, 0.29) is 0 Å². The van der Waals surface area contributed by atoms with Crippen LogP contribution in [0.2, 0.25) is 0 Å². The van der Waals surface area contributed by atoms with Gasteiger partial charge in [0.05, 0.1) is 0 Å². The van der Waals surface area contributed by atoms with Gasteiger partial charge in [-0.1, -0.05) is 0 Å². The molecule has 0 fully saturated rings. The third-order valence-corrected chi connectivity index (χ3v) is 5.02. The number of rotatable bonds is 4. The van der Waals surface area contributed by atoms with Crippen LogP contribution in [-0.2, 0) is 0 Å². The van der Waals surface area contributed by atoms with Crippen molar-refractivity contribution in [1.82, 2.24) is 0 Å². The summed E-state index contributed by atoms with van der Waals surface area (Å²) in [4.78, 5) is 4.66. The van der Waals surface area contributed by atoms with Gasteiger partial charge in [-0.05, 0) is 0 Å². The van der Waals surface area contributed by atoms with Crippen LogP contribution in [0.1, 0.15) is 0 Å². The van der Waals surface area contributed by atoms with Gasteiger partial charge in [0.1, 0.15) is 0 Å². The Morgan fingerprint density at radius 3 is 1.33 bits per heavy atom. The summed E-state index contributed by atoms with van der Waals surface area (Å²) in [5.74, 6) is 1.77. The zero-order chi connectivity index (χ0) is 14.7. The fraction of sp³-hybridized carbons (Fsp3) is 0.111. The first-order valence-corrected chi connectivity index (χ1v) is 8.64. The SMILES string of the molecule is COc1ccc(-c2c[se]cc2-c2ccc(OC)cc2)cc1. The summed E-state index contributed by atoms with van der Waals surface area (Å²) in [6.07, 6.45) is 0. The van der Waals surface area contributed by atoms with Crippen molar-refractivity contribution in [3.05, 3.63) is 58.4 Å². The second-order valence-electron chi connectivity index (χ2n) is 4.66. The van der Waals surface area contributed by atoms with Crippen molar-refractivity contribution in [2.45, 2.75) is 0 Å². The first kappa shape index (κ1) is 14.0. The summed E-state index contributed by atoms with van der Waals surface area (Å²) in [6.45, 7) is 0. The van der Waals surface area contributed by atoms with Gasteiger partial charge in [-0.2, -0.15) is 0 Å². The Hall–Kier alpha value is -1.96. The molecule has 106 valence electrons. The van der Waals surface area contributed by atoms with Crippen LogP contribution in [0.5, 0.6) is 11.5 Å². The summed E-state index contributed by atoms with van der Waals surface area (Å²) < 4.78 is 10.4. The molecule has 0 saturated carbocycles. The van der Waals surface area contributed by atoms with Gasteiger partial charge in [0.15, 0.2) is 0 Å². The van der Waals surface area contributed by atoms with E-state index in [0.29, 0.717) is 14.5 Å². The molecule has 2 aromatic carbocycles. The molecule has 0 spiro atoms. The molecule has 0 atom stereocenters. The molecule has 0 amide bonds. The summed E-state index contributed by atoms with van der Waals surface area (Å²) in [6, 6.07) is 16.5. The van der Waals surface area contributed by atoms with Crippen molar-refractivity contribution in [2.75, 3.05) is 14.2 Å². The van der Waals surface area contributed by atoms with E-state index in [1.165, 1.54) is 22.3 Å². The number of hydrogen-bond donors (Lipinski definition) is 0. The molecular weight excluding hydrogens is 327 g/mol. The first-order chi connectivity index (χ1) is 10.3. The van der Waals surface area contributed by atoms with Crippen molar-refractivity contribution in [1.29, 1.82) is 0 Å². The third kappa shape index (κ3) is 2.89. The molecule has 3 rings (SSSR count). The molecule has 0 saturated heterocycles. The van der Waals surface area contributed by atoms with Gasteiger partial charge in [-0.25, -0.2) is 0 Å². The van der Waals surface area contributed by atoms with Crippen molar-refractivity contribution < 1.29 is 9.47 Å². The molecule has 0 aliphatic carbocycles. The molecular formula is C18H16O2Se. The average Bonchev–Trinajstić information content (AvgIpc) is 3.04. The second kappa shape index (κ2) is 6.21. The molecule has 0 radical (unpaired) electrons.